The lowest BCUT2D eigenvalue weighted by Crippen LogP contribution is -2.70. The molecule has 4 saturated carbocycles. The second-order valence-corrected chi connectivity index (χ2v) is 11.0. The first-order chi connectivity index (χ1) is 12.0. The van der Waals surface area contributed by atoms with E-state index in [0.29, 0.717) is 23.0 Å². The summed E-state index contributed by atoms with van der Waals surface area (Å²) >= 11 is 0. The van der Waals surface area contributed by atoms with E-state index >= 15 is 0 Å². The van der Waals surface area contributed by atoms with Crippen molar-refractivity contribution in [3.8, 4) is 0 Å². The molecule has 1 spiro atoms. The minimum atomic E-state index is -0.0407. The highest BCUT2D eigenvalue weighted by Gasteiger charge is 2.72. The molecule has 0 amide bonds. The Bertz CT molecular complexity index is 595. The molecular weight excluding hydrogens is 310 g/mol. The van der Waals surface area contributed by atoms with Gasteiger partial charge in [0.2, 0.25) is 0 Å². The molecule has 0 aromatic carbocycles. The van der Waals surface area contributed by atoms with Crippen molar-refractivity contribution in [1.29, 1.82) is 0 Å². The quantitative estimate of drug-likeness (QED) is 0.727. The minimum absolute atomic E-state index is 0.0407. The molecule has 6 aliphatic rings. The standard InChI is InChI=1S/C22H35NO2/c1-14-15-4-5-17-21(12-15,18(14)24)9-6-16-20(2)7-3-8-22(16,17)13-23-10-11-25-19(20)23/h14-19,24H,3-13H2,1-2H3/t14-,15-,16-,17-,18+,19?,20-,21-,22+/m1/s1. The van der Waals surface area contributed by atoms with E-state index < -0.39 is 0 Å². The summed E-state index contributed by atoms with van der Waals surface area (Å²) in [7, 11) is 0. The molecule has 3 heteroatoms. The van der Waals surface area contributed by atoms with Gasteiger partial charge in [-0.25, -0.2) is 0 Å². The Kier molecular flexibility index (Phi) is 3.07. The molecule has 6 fully saturated rings. The van der Waals surface area contributed by atoms with Gasteiger partial charge in [-0.15, -0.1) is 0 Å². The van der Waals surface area contributed by atoms with Crippen LogP contribution < -0.4 is 0 Å². The molecule has 4 bridgehead atoms. The normalized spacial score (nSPS) is 63.0. The predicted octanol–water partition coefficient (Wildman–Crippen LogP) is 3.66. The molecule has 2 heterocycles. The summed E-state index contributed by atoms with van der Waals surface area (Å²) in [5, 5.41) is 11.4. The maximum Gasteiger partial charge on any atom is 0.116 e. The second kappa shape index (κ2) is 4.83. The summed E-state index contributed by atoms with van der Waals surface area (Å²) in [6, 6.07) is 0. The van der Waals surface area contributed by atoms with Gasteiger partial charge >= 0.3 is 0 Å². The Morgan fingerprint density at radius 1 is 1.04 bits per heavy atom. The number of rotatable bonds is 0. The van der Waals surface area contributed by atoms with Crippen LogP contribution in [-0.2, 0) is 4.74 Å². The van der Waals surface area contributed by atoms with Crippen molar-refractivity contribution in [3.05, 3.63) is 0 Å². The molecule has 2 saturated heterocycles. The number of hydrogen-bond donors (Lipinski definition) is 1. The number of ether oxygens (including phenoxy) is 1. The molecule has 140 valence electrons. The summed E-state index contributed by atoms with van der Waals surface area (Å²) in [4.78, 5) is 2.71. The van der Waals surface area contributed by atoms with Crippen molar-refractivity contribution in [1.82, 2.24) is 4.90 Å². The highest BCUT2D eigenvalue weighted by atomic mass is 16.5. The van der Waals surface area contributed by atoms with Crippen molar-refractivity contribution < 1.29 is 9.84 Å². The van der Waals surface area contributed by atoms with Gasteiger partial charge in [-0.05, 0) is 74.0 Å². The van der Waals surface area contributed by atoms with Crippen molar-refractivity contribution in [2.75, 3.05) is 19.7 Å². The molecule has 1 N–H and O–H groups in total. The topological polar surface area (TPSA) is 32.7 Å². The lowest BCUT2D eigenvalue weighted by Gasteiger charge is -2.70. The smallest absolute Gasteiger partial charge is 0.116 e. The van der Waals surface area contributed by atoms with Gasteiger partial charge in [0, 0.05) is 23.9 Å². The monoisotopic (exact) mass is 345 g/mol. The highest BCUT2D eigenvalue weighted by molar-refractivity contribution is 5.20. The molecule has 4 aliphatic carbocycles. The summed E-state index contributed by atoms with van der Waals surface area (Å²) in [5.74, 6) is 2.90. The van der Waals surface area contributed by atoms with Gasteiger partial charge in [-0.1, -0.05) is 20.3 Å². The Morgan fingerprint density at radius 2 is 1.92 bits per heavy atom. The average molecular weight is 346 g/mol. The van der Waals surface area contributed by atoms with Crippen molar-refractivity contribution in [2.45, 2.75) is 77.5 Å². The summed E-state index contributed by atoms with van der Waals surface area (Å²) in [6.45, 7) is 8.23. The van der Waals surface area contributed by atoms with Crippen LogP contribution in [0.25, 0.3) is 0 Å². The van der Waals surface area contributed by atoms with Gasteiger partial charge in [0.05, 0.1) is 12.7 Å². The SMILES string of the molecule is C[C@@H]1[C@@H]2CC[C@@H]3[C@@](CC[C@H]4[C@@]35CCC[C@@]4(C)C3OCCN3C5)(C2)[C@H]1O. The van der Waals surface area contributed by atoms with Crippen LogP contribution in [0, 0.1) is 39.9 Å². The van der Waals surface area contributed by atoms with Gasteiger partial charge in [0.15, 0.2) is 0 Å². The zero-order valence-electron chi connectivity index (χ0n) is 16.0. The minimum Gasteiger partial charge on any atom is -0.392 e. The lowest BCUT2D eigenvalue weighted by molar-refractivity contribution is -0.260. The molecule has 0 radical (unpaired) electrons. The fourth-order valence-electron chi connectivity index (χ4n) is 9.74. The molecule has 2 aliphatic heterocycles. The van der Waals surface area contributed by atoms with Gasteiger partial charge in [-0.3, -0.25) is 4.90 Å². The zero-order valence-corrected chi connectivity index (χ0v) is 16.0. The van der Waals surface area contributed by atoms with E-state index in [1.165, 1.54) is 57.9 Å². The summed E-state index contributed by atoms with van der Waals surface area (Å²) < 4.78 is 6.30. The Hall–Kier alpha value is -0.120. The van der Waals surface area contributed by atoms with E-state index in [4.69, 9.17) is 4.74 Å². The lowest BCUT2D eigenvalue weighted by atomic mass is 9.38. The number of aliphatic hydroxyl groups excluding tert-OH is 1. The number of fused-ring (bicyclic) bond motifs is 3. The molecule has 25 heavy (non-hydrogen) atoms. The molecular formula is C22H35NO2. The Balaban J connectivity index is 1.48. The van der Waals surface area contributed by atoms with Crippen molar-refractivity contribution >= 4 is 0 Å². The fraction of sp³-hybridized carbons (Fsp3) is 1.00. The van der Waals surface area contributed by atoms with E-state index in [1.54, 1.807) is 0 Å². The average Bonchev–Trinajstić information content (AvgIpc) is 3.13. The van der Waals surface area contributed by atoms with Gasteiger partial charge in [0.1, 0.15) is 6.23 Å². The van der Waals surface area contributed by atoms with Crippen LogP contribution >= 0.6 is 0 Å². The third kappa shape index (κ3) is 1.66. The number of hydrogen-bond acceptors (Lipinski definition) is 3. The molecule has 0 aromatic rings. The molecule has 9 atom stereocenters. The third-order valence-corrected chi connectivity index (χ3v) is 10.5. The highest BCUT2D eigenvalue weighted by Crippen LogP contribution is 2.74. The third-order valence-electron chi connectivity index (χ3n) is 10.5. The van der Waals surface area contributed by atoms with E-state index in [-0.39, 0.29) is 11.5 Å². The van der Waals surface area contributed by atoms with Crippen LogP contribution in [0.4, 0.5) is 0 Å². The van der Waals surface area contributed by atoms with Gasteiger partial charge in [0.25, 0.3) is 0 Å². The molecule has 6 rings (SSSR count). The van der Waals surface area contributed by atoms with Crippen LogP contribution in [0.5, 0.6) is 0 Å². The Morgan fingerprint density at radius 3 is 2.80 bits per heavy atom. The van der Waals surface area contributed by atoms with Crippen molar-refractivity contribution in [2.24, 2.45) is 39.9 Å². The van der Waals surface area contributed by atoms with E-state index in [0.717, 1.165) is 30.9 Å². The van der Waals surface area contributed by atoms with Gasteiger partial charge < -0.3 is 9.84 Å². The van der Waals surface area contributed by atoms with Crippen molar-refractivity contribution in [3.63, 3.8) is 0 Å². The van der Waals surface area contributed by atoms with Crippen LogP contribution in [0.1, 0.15) is 65.2 Å². The van der Waals surface area contributed by atoms with E-state index in [9.17, 15) is 5.11 Å². The molecule has 1 unspecified atom stereocenters. The first kappa shape index (κ1) is 15.9. The number of aliphatic hydroxyl groups is 1. The maximum atomic E-state index is 11.4. The second-order valence-electron chi connectivity index (χ2n) is 11.0. The summed E-state index contributed by atoms with van der Waals surface area (Å²) in [5.41, 5.74) is 1.07. The molecule has 0 aromatic heterocycles. The fourth-order valence-corrected chi connectivity index (χ4v) is 9.74. The van der Waals surface area contributed by atoms with Gasteiger partial charge in [-0.2, -0.15) is 0 Å². The van der Waals surface area contributed by atoms with Crippen LogP contribution in [0.2, 0.25) is 0 Å². The maximum absolute atomic E-state index is 11.4. The summed E-state index contributed by atoms with van der Waals surface area (Å²) in [6.07, 6.45) is 11.2. The Labute approximate surface area is 152 Å². The van der Waals surface area contributed by atoms with E-state index in [2.05, 4.69) is 18.7 Å². The largest absolute Gasteiger partial charge is 0.392 e. The first-order valence-corrected chi connectivity index (χ1v) is 11.1. The predicted molar refractivity (Wildman–Crippen MR) is 96.9 cm³/mol. The van der Waals surface area contributed by atoms with Crippen LogP contribution in [0.15, 0.2) is 0 Å². The van der Waals surface area contributed by atoms with Crippen LogP contribution in [0.3, 0.4) is 0 Å². The number of nitrogens with zero attached hydrogens (tertiary/aromatic N) is 1. The first-order valence-electron chi connectivity index (χ1n) is 11.1. The van der Waals surface area contributed by atoms with Crippen LogP contribution in [-0.4, -0.2) is 42.0 Å². The zero-order chi connectivity index (χ0) is 17.0. The molecule has 3 nitrogen and oxygen atoms in total. The number of piperidine rings is 1. The van der Waals surface area contributed by atoms with E-state index in [1.807, 2.05) is 0 Å².